The molecule has 0 bridgehead atoms. The van der Waals surface area contributed by atoms with Crippen LogP contribution < -0.4 is 0 Å². The molecular formula is C18H29NO5S. The molecule has 0 heterocycles. The number of aliphatic carboxylic acids is 1. The van der Waals surface area contributed by atoms with E-state index in [1.807, 2.05) is 12.1 Å². The van der Waals surface area contributed by atoms with E-state index in [0.717, 1.165) is 24.8 Å². The van der Waals surface area contributed by atoms with E-state index in [4.69, 9.17) is 9.84 Å². The monoisotopic (exact) mass is 371 g/mol. The Morgan fingerprint density at radius 2 is 1.76 bits per heavy atom. The van der Waals surface area contributed by atoms with Gasteiger partial charge in [0.15, 0.2) is 0 Å². The fourth-order valence-corrected chi connectivity index (χ4v) is 3.25. The number of sulfonamides is 1. The number of hydrogen-bond donors (Lipinski definition) is 1. The minimum Gasteiger partial charge on any atom is -0.480 e. The van der Waals surface area contributed by atoms with Gasteiger partial charge in [-0.1, -0.05) is 37.6 Å². The van der Waals surface area contributed by atoms with Gasteiger partial charge in [0.2, 0.25) is 10.0 Å². The van der Waals surface area contributed by atoms with Crippen LogP contribution in [0.3, 0.4) is 0 Å². The van der Waals surface area contributed by atoms with Gasteiger partial charge in [-0.2, -0.15) is 4.31 Å². The maximum Gasteiger partial charge on any atom is 0.329 e. The zero-order valence-corrected chi connectivity index (χ0v) is 15.9. The van der Waals surface area contributed by atoms with Gasteiger partial charge >= 0.3 is 5.97 Å². The lowest BCUT2D eigenvalue weighted by Crippen LogP contribution is -2.30. The van der Waals surface area contributed by atoms with Crippen LogP contribution in [0.1, 0.15) is 43.7 Å². The van der Waals surface area contributed by atoms with Crippen molar-refractivity contribution in [2.45, 2.75) is 45.6 Å². The molecule has 6 nitrogen and oxygen atoms in total. The second kappa shape index (κ2) is 11.2. The van der Waals surface area contributed by atoms with E-state index < -0.39 is 16.0 Å². The van der Waals surface area contributed by atoms with Crippen LogP contribution >= 0.6 is 0 Å². The molecule has 0 aliphatic heterocycles. The van der Waals surface area contributed by atoms with Crippen molar-refractivity contribution in [1.29, 1.82) is 0 Å². The first-order valence-corrected chi connectivity index (χ1v) is 10.5. The lowest BCUT2D eigenvalue weighted by atomic mass is 10.1. The number of ether oxygens (including phenoxy) is 1. The van der Waals surface area contributed by atoms with Crippen LogP contribution in [0.15, 0.2) is 24.3 Å². The van der Waals surface area contributed by atoms with Crippen LogP contribution in [0, 0.1) is 0 Å². The van der Waals surface area contributed by atoms with Crippen molar-refractivity contribution in [3.05, 3.63) is 35.4 Å². The summed E-state index contributed by atoms with van der Waals surface area (Å²) in [5, 5.41) is 8.48. The van der Waals surface area contributed by atoms with Gasteiger partial charge in [-0.3, -0.25) is 0 Å². The number of aryl methyl sites for hydroxylation is 1. The summed E-state index contributed by atoms with van der Waals surface area (Å²) in [4.78, 5) is 10.3. The summed E-state index contributed by atoms with van der Waals surface area (Å²) < 4.78 is 30.3. The number of hydrogen-bond acceptors (Lipinski definition) is 4. The number of carboxylic acid groups (broad SMARTS) is 1. The molecule has 0 saturated carbocycles. The maximum atomic E-state index is 12.0. The van der Waals surface area contributed by atoms with E-state index in [0.29, 0.717) is 32.5 Å². The van der Waals surface area contributed by atoms with Crippen LogP contribution in [0.4, 0.5) is 0 Å². The molecule has 0 radical (unpaired) electrons. The molecule has 0 aliphatic rings. The SMILES string of the molecule is CCCCc1ccc(CN(CCCCOCC(=O)O)S(C)(=O)=O)cc1. The molecule has 142 valence electrons. The number of unbranched alkanes of at least 4 members (excludes halogenated alkanes) is 2. The number of carbonyl (C=O) groups is 1. The van der Waals surface area contributed by atoms with Gasteiger partial charge < -0.3 is 9.84 Å². The van der Waals surface area contributed by atoms with Crippen LogP contribution in [0.5, 0.6) is 0 Å². The Balaban J connectivity index is 2.49. The van der Waals surface area contributed by atoms with Crippen molar-refractivity contribution in [2.75, 3.05) is 26.0 Å². The van der Waals surface area contributed by atoms with Crippen LogP contribution in [-0.4, -0.2) is 49.8 Å². The Labute approximate surface area is 150 Å². The predicted molar refractivity (Wildman–Crippen MR) is 98.0 cm³/mol. The average molecular weight is 371 g/mol. The fourth-order valence-electron chi connectivity index (χ4n) is 2.41. The maximum absolute atomic E-state index is 12.0. The molecule has 1 aromatic carbocycles. The topological polar surface area (TPSA) is 83.9 Å². The van der Waals surface area contributed by atoms with Gasteiger partial charge in [0.25, 0.3) is 0 Å². The van der Waals surface area contributed by atoms with Gasteiger partial charge in [-0.15, -0.1) is 0 Å². The molecule has 1 rings (SSSR count). The lowest BCUT2D eigenvalue weighted by molar-refractivity contribution is -0.142. The molecule has 7 heteroatoms. The highest BCUT2D eigenvalue weighted by molar-refractivity contribution is 7.88. The van der Waals surface area contributed by atoms with Gasteiger partial charge in [0.1, 0.15) is 6.61 Å². The van der Waals surface area contributed by atoms with E-state index in [-0.39, 0.29) is 6.61 Å². The molecule has 0 amide bonds. The summed E-state index contributed by atoms with van der Waals surface area (Å²) >= 11 is 0. The van der Waals surface area contributed by atoms with Crippen LogP contribution in [-0.2, 0) is 32.5 Å². The summed E-state index contributed by atoms with van der Waals surface area (Å²) in [7, 11) is -3.30. The number of carboxylic acids is 1. The summed E-state index contributed by atoms with van der Waals surface area (Å²) in [5.74, 6) is -1.000. The Morgan fingerprint density at radius 3 is 2.32 bits per heavy atom. The van der Waals surface area contributed by atoms with Crippen molar-refractivity contribution < 1.29 is 23.1 Å². The Kier molecular flexibility index (Phi) is 9.70. The summed E-state index contributed by atoms with van der Waals surface area (Å²) in [5.41, 5.74) is 2.24. The molecule has 0 aliphatic carbocycles. The highest BCUT2D eigenvalue weighted by atomic mass is 32.2. The predicted octanol–water partition coefficient (Wildman–Crippen LogP) is 2.67. The molecule has 1 N–H and O–H groups in total. The minimum atomic E-state index is -3.30. The van der Waals surface area contributed by atoms with Crippen molar-refractivity contribution in [2.24, 2.45) is 0 Å². The summed E-state index contributed by atoms with van der Waals surface area (Å²) in [6, 6.07) is 8.09. The van der Waals surface area contributed by atoms with E-state index in [1.165, 1.54) is 16.1 Å². The number of benzene rings is 1. The fraction of sp³-hybridized carbons (Fsp3) is 0.611. The van der Waals surface area contributed by atoms with E-state index in [9.17, 15) is 13.2 Å². The zero-order valence-electron chi connectivity index (χ0n) is 15.1. The largest absolute Gasteiger partial charge is 0.480 e. The summed E-state index contributed by atoms with van der Waals surface area (Å²) in [6.07, 6.45) is 5.81. The van der Waals surface area contributed by atoms with Gasteiger partial charge in [0, 0.05) is 19.7 Å². The number of nitrogens with zero attached hydrogens (tertiary/aromatic N) is 1. The highest BCUT2D eigenvalue weighted by Crippen LogP contribution is 2.13. The van der Waals surface area contributed by atoms with E-state index in [2.05, 4.69) is 19.1 Å². The average Bonchev–Trinajstić information content (AvgIpc) is 2.54. The molecule has 0 spiro atoms. The molecule has 0 saturated heterocycles. The van der Waals surface area contributed by atoms with Crippen LogP contribution in [0.2, 0.25) is 0 Å². The molecule has 0 aromatic heterocycles. The molecule has 25 heavy (non-hydrogen) atoms. The molecule has 0 atom stereocenters. The Hall–Kier alpha value is -1.44. The first-order valence-electron chi connectivity index (χ1n) is 8.65. The van der Waals surface area contributed by atoms with Gasteiger partial charge in [0.05, 0.1) is 6.26 Å². The molecular weight excluding hydrogens is 342 g/mol. The van der Waals surface area contributed by atoms with Crippen LogP contribution in [0.25, 0.3) is 0 Å². The van der Waals surface area contributed by atoms with Crippen molar-refractivity contribution in [1.82, 2.24) is 4.31 Å². The standard InChI is InChI=1S/C18H29NO5S/c1-3-4-7-16-8-10-17(11-9-16)14-19(25(2,22)23)12-5-6-13-24-15-18(20)21/h8-11H,3-7,12-15H2,1-2H3,(H,20,21). The van der Waals surface area contributed by atoms with Gasteiger partial charge in [-0.25, -0.2) is 13.2 Å². The highest BCUT2D eigenvalue weighted by Gasteiger charge is 2.16. The molecule has 0 unspecified atom stereocenters. The smallest absolute Gasteiger partial charge is 0.329 e. The first-order chi connectivity index (χ1) is 11.8. The van der Waals surface area contributed by atoms with Crippen molar-refractivity contribution in [3.8, 4) is 0 Å². The zero-order chi connectivity index (χ0) is 18.7. The third kappa shape index (κ3) is 9.57. The molecule has 0 fully saturated rings. The lowest BCUT2D eigenvalue weighted by Gasteiger charge is -2.20. The third-order valence-electron chi connectivity index (χ3n) is 3.84. The third-order valence-corrected chi connectivity index (χ3v) is 5.09. The van der Waals surface area contributed by atoms with Crippen molar-refractivity contribution >= 4 is 16.0 Å². The minimum absolute atomic E-state index is 0.316. The second-order valence-corrected chi connectivity index (χ2v) is 8.15. The number of rotatable bonds is 13. The Morgan fingerprint density at radius 1 is 1.12 bits per heavy atom. The first kappa shape index (κ1) is 21.6. The molecule has 1 aromatic rings. The van der Waals surface area contributed by atoms with E-state index in [1.54, 1.807) is 0 Å². The normalized spacial score (nSPS) is 11.8. The van der Waals surface area contributed by atoms with Gasteiger partial charge in [-0.05, 0) is 36.8 Å². The quantitative estimate of drug-likeness (QED) is 0.539. The summed E-state index contributed by atoms with van der Waals surface area (Å²) in [6.45, 7) is 2.90. The van der Waals surface area contributed by atoms with E-state index >= 15 is 0 Å². The Bertz CT molecular complexity index is 613. The van der Waals surface area contributed by atoms with Crippen molar-refractivity contribution in [3.63, 3.8) is 0 Å². The second-order valence-electron chi connectivity index (χ2n) is 6.17.